The van der Waals surface area contributed by atoms with E-state index in [0.717, 1.165) is 16.7 Å². The number of carbonyl (C=O) groups excluding carboxylic acids is 1. The van der Waals surface area contributed by atoms with Crippen molar-refractivity contribution in [3.05, 3.63) is 42.0 Å². The van der Waals surface area contributed by atoms with Crippen LogP contribution in [-0.4, -0.2) is 5.78 Å². The van der Waals surface area contributed by atoms with Crippen LogP contribution < -0.4 is 0 Å². The van der Waals surface area contributed by atoms with Gasteiger partial charge in [-0.05, 0) is 11.1 Å². The first-order valence-electron chi connectivity index (χ1n) is 4.04. The molecule has 0 amide bonds. The minimum absolute atomic E-state index is 0.0256. The first-order valence-corrected chi connectivity index (χ1v) is 4.04. The van der Waals surface area contributed by atoms with Gasteiger partial charge in [-0.1, -0.05) is 37.8 Å². The fourth-order valence-corrected chi connectivity index (χ4v) is 1.60. The standard InChI is InChI=1S/C11H10O/c1-7-8(2)11(12)10-6-4-3-5-9(7)10/h3-6,8H,1H2,2H3. The summed E-state index contributed by atoms with van der Waals surface area (Å²) in [6.07, 6.45) is 0. The summed E-state index contributed by atoms with van der Waals surface area (Å²) in [5.74, 6) is 0.179. The Kier molecular flexibility index (Phi) is 1.40. The van der Waals surface area contributed by atoms with E-state index in [1.165, 1.54) is 0 Å². The summed E-state index contributed by atoms with van der Waals surface area (Å²) in [5, 5.41) is 0. The number of rotatable bonds is 0. The molecule has 0 aliphatic heterocycles. The Bertz CT molecular complexity index is 328. The summed E-state index contributed by atoms with van der Waals surface area (Å²) >= 11 is 0. The van der Waals surface area contributed by atoms with Crippen LogP contribution in [0.15, 0.2) is 30.8 Å². The molecule has 0 spiro atoms. The van der Waals surface area contributed by atoms with E-state index in [4.69, 9.17) is 0 Å². The molecule has 0 fully saturated rings. The van der Waals surface area contributed by atoms with Crippen LogP contribution in [0.3, 0.4) is 0 Å². The van der Waals surface area contributed by atoms with Gasteiger partial charge in [-0.2, -0.15) is 0 Å². The fraction of sp³-hybridized carbons (Fsp3) is 0.182. The van der Waals surface area contributed by atoms with E-state index in [-0.39, 0.29) is 11.7 Å². The van der Waals surface area contributed by atoms with Gasteiger partial charge >= 0.3 is 0 Å². The molecule has 1 atom stereocenters. The maximum Gasteiger partial charge on any atom is 0.170 e. The molecule has 0 bridgehead atoms. The van der Waals surface area contributed by atoms with Crippen molar-refractivity contribution >= 4 is 11.4 Å². The predicted molar refractivity (Wildman–Crippen MR) is 49.0 cm³/mol. The fourth-order valence-electron chi connectivity index (χ4n) is 1.60. The molecule has 2 rings (SSSR count). The van der Waals surface area contributed by atoms with Gasteiger partial charge in [0.15, 0.2) is 5.78 Å². The van der Waals surface area contributed by atoms with Crippen molar-refractivity contribution in [1.82, 2.24) is 0 Å². The van der Waals surface area contributed by atoms with Gasteiger partial charge in [-0.3, -0.25) is 4.79 Å². The smallest absolute Gasteiger partial charge is 0.170 e. The Morgan fingerprint density at radius 3 is 2.42 bits per heavy atom. The van der Waals surface area contributed by atoms with E-state index in [9.17, 15) is 4.79 Å². The van der Waals surface area contributed by atoms with E-state index >= 15 is 0 Å². The number of hydrogen-bond donors (Lipinski definition) is 0. The van der Waals surface area contributed by atoms with Crippen LogP contribution in [0.5, 0.6) is 0 Å². The van der Waals surface area contributed by atoms with Crippen molar-refractivity contribution in [3.63, 3.8) is 0 Å². The third kappa shape index (κ3) is 0.765. The minimum Gasteiger partial charge on any atom is -0.293 e. The summed E-state index contributed by atoms with van der Waals surface area (Å²) in [5.41, 5.74) is 2.81. The van der Waals surface area contributed by atoms with Gasteiger partial charge in [-0.15, -0.1) is 0 Å². The zero-order valence-corrected chi connectivity index (χ0v) is 7.00. The third-order valence-corrected chi connectivity index (χ3v) is 2.45. The Hall–Kier alpha value is -1.37. The average molecular weight is 158 g/mol. The van der Waals surface area contributed by atoms with Crippen LogP contribution in [0.25, 0.3) is 5.57 Å². The summed E-state index contributed by atoms with van der Waals surface area (Å²) in [7, 11) is 0. The lowest BCUT2D eigenvalue weighted by molar-refractivity contribution is 0.0966. The molecular weight excluding hydrogens is 148 g/mol. The Labute approximate surface area is 71.7 Å². The molecule has 1 aliphatic rings. The molecule has 0 heterocycles. The number of ketones is 1. The van der Waals surface area contributed by atoms with Crippen LogP contribution in [0, 0.1) is 5.92 Å². The lowest BCUT2D eigenvalue weighted by atomic mass is 10.0. The highest BCUT2D eigenvalue weighted by Gasteiger charge is 2.29. The van der Waals surface area contributed by atoms with Crippen LogP contribution in [0.4, 0.5) is 0 Å². The second-order valence-corrected chi connectivity index (χ2v) is 3.16. The molecule has 0 aromatic heterocycles. The molecule has 0 N–H and O–H groups in total. The van der Waals surface area contributed by atoms with E-state index in [1.807, 2.05) is 31.2 Å². The molecule has 0 radical (unpaired) electrons. The Balaban J connectivity index is 2.67. The lowest BCUT2D eigenvalue weighted by Crippen LogP contribution is -2.01. The monoisotopic (exact) mass is 158 g/mol. The number of Topliss-reactive ketones (excluding diaryl/α,β-unsaturated/α-hetero) is 1. The zero-order valence-electron chi connectivity index (χ0n) is 7.00. The first kappa shape index (κ1) is 7.29. The molecular formula is C11H10O. The van der Waals surface area contributed by atoms with Gasteiger partial charge in [0, 0.05) is 11.5 Å². The SMILES string of the molecule is C=C1c2ccccc2C(=O)C1C. The van der Waals surface area contributed by atoms with Crippen LogP contribution >= 0.6 is 0 Å². The zero-order chi connectivity index (χ0) is 8.72. The van der Waals surface area contributed by atoms with Crippen LogP contribution in [0.2, 0.25) is 0 Å². The van der Waals surface area contributed by atoms with Crippen molar-refractivity contribution in [2.24, 2.45) is 5.92 Å². The summed E-state index contributed by atoms with van der Waals surface area (Å²) < 4.78 is 0. The van der Waals surface area contributed by atoms with Crippen molar-refractivity contribution in [3.8, 4) is 0 Å². The highest BCUT2D eigenvalue weighted by Crippen LogP contribution is 2.34. The molecule has 1 aliphatic carbocycles. The molecule has 1 aromatic rings. The molecule has 60 valence electrons. The number of fused-ring (bicyclic) bond motifs is 1. The molecule has 1 unspecified atom stereocenters. The van der Waals surface area contributed by atoms with Gasteiger partial charge in [0.1, 0.15) is 0 Å². The second-order valence-electron chi connectivity index (χ2n) is 3.16. The summed E-state index contributed by atoms with van der Waals surface area (Å²) in [4.78, 5) is 11.5. The largest absolute Gasteiger partial charge is 0.293 e. The van der Waals surface area contributed by atoms with Gasteiger partial charge < -0.3 is 0 Å². The maximum absolute atomic E-state index is 11.5. The molecule has 1 aromatic carbocycles. The highest BCUT2D eigenvalue weighted by molar-refractivity contribution is 6.13. The van der Waals surface area contributed by atoms with E-state index in [0.29, 0.717) is 0 Å². The minimum atomic E-state index is -0.0256. The van der Waals surface area contributed by atoms with Crippen molar-refractivity contribution in [2.45, 2.75) is 6.92 Å². The number of benzene rings is 1. The Morgan fingerprint density at radius 1 is 1.25 bits per heavy atom. The van der Waals surface area contributed by atoms with E-state index in [2.05, 4.69) is 6.58 Å². The summed E-state index contributed by atoms with van der Waals surface area (Å²) in [6, 6.07) is 7.66. The Morgan fingerprint density at radius 2 is 1.83 bits per heavy atom. The number of allylic oxidation sites excluding steroid dienone is 1. The predicted octanol–water partition coefficient (Wildman–Crippen LogP) is 2.53. The van der Waals surface area contributed by atoms with Gasteiger partial charge in [-0.25, -0.2) is 0 Å². The molecule has 1 nitrogen and oxygen atoms in total. The molecule has 1 heteroatoms. The highest BCUT2D eigenvalue weighted by atomic mass is 16.1. The maximum atomic E-state index is 11.5. The van der Waals surface area contributed by atoms with Crippen LogP contribution in [-0.2, 0) is 0 Å². The lowest BCUT2D eigenvalue weighted by Gasteiger charge is -1.98. The van der Waals surface area contributed by atoms with Crippen molar-refractivity contribution in [1.29, 1.82) is 0 Å². The quantitative estimate of drug-likeness (QED) is 0.567. The first-order chi connectivity index (χ1) is 5.72. The van der Waals surface area contributed by atoms with Crippen molar-refractivity contribution in [2.75, 3.05) is 0 Å². The molecule has 0 saturated carbocycles. The van der Waals surface area contributed by atoms with Crippen molar-refractivity contribution < 1.29 is 4.79 Å². The topological polar surface area (TPSA) is 17.1 Å². The molecule has 0 saturated heterocycles. The second kappa shape index (κ2) is 2.31. The molecule has 12 heavy (non-hydrogen) atoms. The van der Waals surface area contributed by atoms with Crippen LogP contribution in [0.1, 0.15) is 22.8 Å². The van der Waals surface area contributed by atoms with Gasteiger partial charge in [0.25, 0.3) is 0 Å². The summed E-state index contributed by atoms with van der Waals surface area (Å²) in [6.45, 7) is 5.81. The average Bonchev–Trinajstić information content (AvgIpc) is 2.33. The van der Waals surface area contributed by atoms with E-state index < -0.39 is 0 Å². The van der Waals surface area contributed by atoms with Gasteiger partial charge in [0.2, 0.25) is 0 Å². The number of carbonyl (C=O) groups is 1. The van der Waals surface area contributed by atoms with Gasteiger partial charge in [0.05, 0.1) is 0 Å². The van der Waals surface area contributed by atoms with E-state index in [1.54, 1.807) is 0 Å². The number of hydrogen-bond acceptors (Lipinski definition) is 1. The normalized spacial score (nSPS) is 21.2. The third-order valence-electron chi connectivity index (χ3n) is 2.45.